The summed E-state index contributed by atoms with van der Waals surface area (Å²) < 4.78 is 7.47. The van der Waals surface area contributed by atoms with E-state index in [4.69, 9.17) is 4.74 Å². The Labute approximate surface area is 196 Å². The molecule has 0 radical (unpaired) electrons. The number of hydrogen-bond donors (Lipinski definition) is 0. The molecule has 5 nitrogen and oxygen atoms in total. The van der Waals surface area contributed by atoms with Crippen molar-refractivity contribution in [1.82, 2.24) is 4.90 Å². The number of ether oxygens (including phenoxy) is 1. The number of carbonyl (C=O) groups excluding carboxylic acids is 1. The summed E-state index contributed by atoms with van der Waals surface area (Å²) in [4.78, 5) is 16.0. The fourth-order valence-corrected chi connectivity index (χ4v) is 3.27. The van der Waals surface area contributed by atoms with Crippen molar-refractivity contribution < 1.29 is 14.1 Å². The van der Waals surface area contributed by atoms with Gasteiger partial charge in [-0.2, -0.15) is 0 Å². The van der Waals surface area contributed by atoms with Crippen LogP contribution in [-0.4, -0.2) is 44.7 Å². The van der Waals surface area contributed by atoms with Gasteiger partial charge in [0.1, 0.15) is 6.54 Å². The second-order valence-electron chi connectivity index (χ2n) is 8.60. The molecule has 0 saturated heterocycles. The highest BCUT2D eigenvalue weighted by Crippen LogP contribution is 2.10. The van der Waals surface area contributed by atoms with Crippen molar-refractivity contribution in [2.75, 3.05) is 38.7 Å². The highest BCUT2D eigenvalue weighted by molar-refractivity contribution is 5.89. The average molecular weight is 445 g/mol. The van der Waals surface area contributed by atoms with Crippen molar-refractivity contribution in [2.45, 2.75) is 78.7 Å². The predicted octanol–water partition coefficient (Wildman–Crippen LogP) is 5.51. The number of aryl methyl sites for hydroxylation is 1. The maximum atomic E-state index is 11.7. The van der Waals surface area contributed by atoms with Gasteiger partial charge in [0.15, 0.2) is 12.4 Å². The van der Waals surface area contributed by atoms with Gasteiger partial charge in [-0.15, -0.1) is 0 Å². The summed E-state index contributed by atoms with van der Waals surface area (Å²) in [6.45, 7) is 9.87. The fraction of sp³-hybridized carbons (Fsp3) is 0.630. The van der Waals surface area contributed by atoms with E-state index < -0.39 is 0 Å². The van der Waals surface area contributed by atoms with Gasteiger partial charge in [-0.05, 0) is 37.6 Å². The molecule has 0 aliphatic carbocycles. The number of carbonyl (C=O) groups is 1. The summed E-state index contributed by atoms with van der Waals surface area (Å²) >= 11 is 0. The van der Waals surface area contributed by atoms with Crippen molar-refractivity contribution in [2.24, 2.45) is 0 Å². The van der Waals surface area contributed by atoms with Crippen LogP contribution in [0.1, 0.15) is 72.1 Å². The summed E-state index contributed by atoms with van der Waals surface area (Å²) in [7, 11) is 4.14. The Kier molecular flexibility index (Phi) is 15.0. The fourth-order valence-electron chi connectivity index (χ4n) is 3.27. The summed E-state index contributed by atoms with van der Waals surface area (Å²) in [6.07, 6.45) is 19.8. The van der Waals surface area contributed by atoms with E-state index in [-0.39, 0.29) is 5.97 Å². The van der Waals surface area contributed by atoms with Gasteiger partial charge in [-0.25, -0.2) is 9.36 Å². The molecule has 0 N–H and O–H groups in total. The largest absolute Gasteiger partial charge is 0.462 e. The molecule has 0 bridgehead atoms. The van der Waals surface area contributed by atoms with Crippen molar-refractivity contribution >= 4 is 11.7 Å². The summed E-state index contributed by atoms with van der Waals surface area (Å²) in [5.74, 6) is -0.163. The molecule has 1 aromatic heterocycles. The first-order valence-electron chi connectivity index (χ1n) is 12.5. The zero-order valence-corrected chi connectivity index (χ0v) is 21.2. The molecular weight excluding hydrogens is 398 g/mol. The highest BCUT2D eigenvalue weighted by Gasteiger charge is 2.15. The van der Waals surface area contributed by atoms with Crippen LogP contribution in [0.5, 0.6) is 0 Å². The molecule has 0 amide bonds. The molecule has 1 aliphatic heterocycles. The molecule has 0 saturated carbocycles. The molecule has 5 heteroatoms. The lowest BCUT2D eigenvalue weighted by atomic mass is 10.2. The van der Waals surface area contributed by atoms with Crippen LogP contribution in [0.25, 0.3) is 0 Å². The number of aromatic nitrogens is 1. The van der Waals surface area contributed by atoms with Gasteiger partial charge in [0.25, 0.3) is 0 Å². The first-order chi connectivity index (χ1) is 15.5. The lowest BCUT2D eigenvalue weighted by Crippen LogP contribution is -2.32. The minimum absolute atomic E-state index is 0.163. The third kappa shape index (κ3) is 11.9. The van der Waals surface area contributed by atoms with Crippen LogP contribution in [0, 0.1) is 0 Å². The third-order valence-electron chi connectivity index (χ3n) is 5.42. The maximum absolute atomic E-state index is 11.7. The van der Waals surface area contributed by atoms with Crippen LogP contribution in [0.4, 0.5) is 5.69 Å². The molecule has 0 atom stereocenters. The van der Waals surface area contributed by atoms with Crippen molar-refractivity contribution in [3.05, 3.63) is 48.5 Å². The molecular formula is C27H46N3O2+. The maximum Gasteiger partial charge on any atom is 0.335 e. The van der Waals surface area contributed by atoms with E-state index in [1.807, 2.05) is 18.4 Å². The van der Waals surface area contributed by atoms with Gasteiger partial charge in [0.05, 0.1) is 12.2 Å². The Balaban J connectivity index is 0.000000323. The van der Waals surface area contributed by atoms with E-state index in [1.54, 1.807) is 0 Å². The van der Waals surface area contributed by atoms with Crippen LogP contribution >= 0.6 is 0 Å². The lowest BCUT2D eigenvalue weighted by molar-refractivity contribution is -0.697. The van der Waals surface area contributed by atoms with Crippen molar-refractivity contribution in [3.63, 3.8) is 0 Å². The monoisotopic (exact) mass is 444 g/mol. The number of unbranched alkanes of at least 4 members (excludes halogenated alkanes) is 5. The average Bonchev–Trinajstić information content (AvgIpc) is 2.81. The van der Waals surface area contributed by atoms with E-state index in [9.17, 15) is 4.79 Å². The number of rotatable bonds is 13. The first kappa shape index (κ1) is 27.7. The molecule has 2 rings (SSSR count). The van der Waals surface area contributed by atoms with Gasteiger partial charge in [-0.3, -0.25) is 0 Å². The second-order valence-corrected chi connectivity index (χ2v) is 8.60. The smallest absolute Gasteiger partial charge is 0.335 e. The van der Waals surface area contributed by atoms with Gasteiger partial charge >= 0.3 is 5.97 Å². The lowest BCUT2D eigenvalue weighted by Gasteiger charge is -2.23. The zero-order chi connectivity index (χ0) is 23.6. The number of hydrogen-bond acceptors (Lipinski definition) is 4. The standard InChI is InChI=1S/C14H23NO2.C13H23N2/c1-3-5-9-15-10-7-8-13(12-15)14(16)17-11-6-4-2;1-4-5-6-7-10-15-11-8-13(9-12-15)14(2)3/h7-8,10H,3-6,9,11-12H2,1-2H3;8-9,11-12H,4-7,10H2,1-3H3/q;+1. The molecule has 32 heavy (non-hydrogen) atoms. The Morgan fingerprint density at radius 2 is 1.69 bits per heavy atom. The zero-order valence-electron chi connectivity index (χ0n) is 21.2. The number of allylic oxidation sites excluding steroid dienone is 2. The quantitative estimate of drug-likeness (QED) is 0.228. The number of anilines is 1. The summed E-state index contributed by atoms with van der Waals surface area (Å²) in [5.41, 5.74) is 2.03. The van der Waals surface area contributed by atoms with Gasteiger partial charge in [-0.1, -0.05) is 46.5 Å². The molecule has 0 spiro atoms. The number of nitrogens with zero attached hydrogens (tertiary/aromatic N) is 3. The van der Waals surface area contributed by atoms with Crippen LogP contribution in [-0.2, 0) is 16.1 Å². The Morgan fingerprint density at radius 1 is 1.00 bits per heavy atom. The SMILES string of the molecule is CCCCCC[n+]1ccc(N(C)C)cc1.CCCCOC(=O)C1=CC=CN(CCCC)C1. The Bertz CT molecular complexity index is 681. The number of esters is 1. The third-order valence-corrected chi connectivity index (χ3v) is 5.42. The van der Waals surface area contributed by atoms with E-state index in [0.29, 0.717) is 13.2 Å². The van der Waals surface area contributed by atoms with E-state index in [1.165, 1.54) is 37.8 Å². The summed E-state index contributed by atoms with van der Waals surface area (Å²) in [6, 6.07) is 4.33. The van der Waals surface area contributed by atoms with Crippen molar-refractivity contribution in [3.8, 4) is 0 Å². The van der Waals surface area contributed by atoms with E-state index >= 15 is 0 Å². The molecule has 2 heterocycles. The molecule has 0 unspecified atom stereocenters. The first-order valence-corrected chi connectivity index (χ1v) is 12.5. The summed E-state index contributed by atoms with van der Waals surface area (Å²) in [5, 5.41) is 0. The molecule has 0 aromatic carbocycles. The van der Waals surface area contributed by atoms with Crippen LogP contribution < -0.4 is 9.47 Å². The minimum atomic E-state index is -0.163. The van der Waals surface area contributed by atoms with Crippen LogP contribution in [0.15, 0.2) is 48.5 Å². The molecule has 0 fully saturated rings. The Hall–Kier alpha value is -2.30. The highest BCUT2D eigenvalue weighted by atomic mass is 16.5. The van der Waals surface area contributed by atoms with Gasteiger partial charge in [0.2, 0.25) is 0 Å². The predicted molar refractivity (Wildman–Crippen MR) is 135 cm³/mol. The molecule has 1 aromatic rings. The Morgan fingerprint density at radius 3 is 2.31 bits per heavy atom. The van der Waals surface area contributed by atoms with E-state index in [2.05, 4.69) is 73.8 Å². The second kappa shape index (κ2) is 17.3. The van der Waals surface area contributed by atoms with E-state index in [0.717, 1.165) is 37.9 Å². The van der Waals surface area contributed by atoms with Crippen molar-refractivity contribution in [1.29, 1.82) is 0 Å². The van der Waals surface area contributed by atoms with Gasteiger partial charge < -0.3 is 14.5 Å². The molecule has 180 valence electrons. The topological polar surface area (TPSA) is 36.7 Å². The van der Waals surface area contributed by atoms with Gasteiger partial charge in [0, 0.05) is 51.4 Å². The van der Waals surface area contributed by atoms with Crippen LogP contribution in [0.3, 0.4) is 0 Å². The minimum Gasteiger partial charge on any atom is -0.462 e. The number of pyridine rings is 1. The normalized spacial score (nSPS) is 12.7. The van der Waals surface area contributed by atoms with Crippen LogP contribution in [0.2, 0.25) is 0 Å². The molecule has 1 aliphatic rings.